The van der Waals surface area contributed by atoms with Gasteiger partial charge >= 0.3 is 0 Å². The second-order valence-corrected chi connectivity index (χ2v) is 4.59. The summed E-state index contributed by atoms with van der Waals surface area (Å²) in [5.41, 5.74) is 7.22. The van der Waals surface area contributed by atoms with E-state index in [2.05, 4.69) is 18.7 Å². The molecule has 1 aromatic rings. The molecule has 1 aromatic carbocycles. The number of rotatable bonds is 5. The van der Waals surface area contributed by atoms with Crippen LogP contribution in [0.15, 0.2) is 18.2 Å². The highest BCUT2D eigenvalue weighted by atomic mass is 16.5. The number of hydrogen-bond acceptors (Lipinski definition) is 4. The molecule has 0 aliphatic carbocycles. The fraction of sp³-hybridized carbons (Fsp3) is 0.500. The Hall–Kier alpha value is -1.75. The van der Waals surface area contributed by atoms with E-state index in [1.807, 2.05) is 6.07 Å². The fourth-order valence-electron chi connectivity index (χ4n) is 2.25. The molecule has 2 rings (SSSR count). The van der Waals surface area contributed by atoms with Crippen LogP contribution in [0.2, 0.25) is 0 Å². The van der Waals surface area contributed by atoms with E-state index in [0.29, 0.717) is 12.2 Å². The monoisotopic (exact) mass is 263 g/mol. The molecule has 0 fully saturated rings. The number of nitrogens with zero attached hydrogens (tertiary/aromatic N) is 2. The zero-order valence-electron chi connectivity index (χ0n) is 11.6. The fourth-order valence-corrected chi connectivity index (χ4v) is 2.25. The Labute approximate surface area is 113 Å². The average Bonchev–Trinajstić information content (AvgIpc) is 2.42. The van der Waals surface area contributed by atoms with E-state index < -0.39 is 0 Å². The molecule has 1 aliphatic rings. The lowest BCUT2D eigenvalue weighted by molar-refractivity contribution is -0.121. The number of nitrogen functional groups attached to an aromatic ring is 1. The van der Waals surface area contributed by atoms with E-state index in [4.69, 9.17) is 10.5 Å². The van der Waals surface area contributed by atoms with Crippen LogP contribution in [-0.2, 0) is 4.79 Å². The van der Waals surface area contributed by atoms with Gasteiger partial charge in [-0.1, -0.05) is 13.8 Å². The quantitative estimate of drug-likeness (QED) is 0.814. The maximum atomic E-state index is 12.0. The van der Waals surface area contributed by atoms with Gasteiger partial charge in [0.2, 0.25) is 0 Å². The van der Waals surface area contributed by atoms with Crippen LogP contribution in [0.5, 0.6) is 5.75 Å². The van der Waals surface area contributed by atoms with Gasteiger partial charge in [-0.05, 0) is 31.3 Å². The molecule has 1 aliphatic heterocycles. The summed E-state index contributed by atoms with van der Waals surface area (Å²) in [6, 6.07) is 5.41. The summed E-state index contributed by atoms with van der Waals surface area (Å²) >= 11 is 0. The number of carbonyl (C=O) groups excluding carboxylic acids is 1. The first-order chi connectivity index (χ1) is 9.15. The number of hydrogen-bond donors (Lipinski definition) is 1. The molecule has 0 aromatic heterocycles. The lowest BCUT2D eigenvalue weighted by atomic mass is 10.2. The van der Waals surface area contributed by atoms with Gasteiger partial charge < -0.3 is 20.3 Å². The predicted molar refractivity (Wildman–Crippen MR) is 76.5 cm³/mol. The smallest absolute Gasteiger partial charge is 0.265 e. The normalized spacial score (nSPS) is 14.5. The number of nitrogens with two attached hydrogens (primary N) is 1. The van der Waals surface area contributed by atoms with Gasteiger partial charge in [0.05, 0.1) is 5.69 Å². The Bertz CT molecular complexity index is 458. The molecule has 5 nitrogen and oxygen atoms in total. The van der Waals surface area contributed by atoms with E-state index in [-0.39, 0.29) is 12.5 Å². The highest BCUT2D eigenvalue weighted by Crippen LogP contribution is 2.33. The van der Waals surface area contributed by atoms with Crippen LogP contribution in [0.4, 0.5) is 11.4 Å². The number of anilines is 2. The number of carbonyl (C=O) groups is 1. The molecule has 0 unspecified atom stereocenters. The van der Waals surface area contributed by atoms with Gasteiger partial charge in [-0.3, -0.25) is 4.79 Å². The van der Waals surface area contributed by atoms with Crippen LogP contribution in [0.3, 0.4) is 0 Å². The van der Waals surface area contributed by atoms with Crippen molar-refractivity contribution in [1.29, 1.82) is 0 Å². The van der Waals surface area contributed by atoms with Crippen molar-refractivity contribution in [3.63, 3.8) is 0 Å². The molecule has 104 valence electrons. The standard InChI is InChI=1S/C14H21N3O2/c1-3-16(4-2)7-8-17-12-9-11(15)5-6-13(12)19-10-14(17)18/h5-6,9H,3-4,7-8,10,15H2,1-2H3. The molecule has 0 bridgehead atoms. The molecule has 0 atom stereocenters. The van der Waals surface area contributed by atoms with Gasteiger partial charge in [-0.25, -0.2) is 0 Å². The second-order valence-electron chi connectivity index (χ2n) is 4.59. The maximum Gasteiger partial charge on any atom is 0.265 e. The largest absolute Gasteiger partial charge is 0.482 e. The van der Waals surface area contributed by atoms with E-state index in [0.717, 1.165) is 31.1 Å². The van der Waals surface area contributed by atoms with Crippen LogP contribution in [0, 0.1) is 0 Å². The first-order valence-electron chi connectivity index (χ1n) is 6.70. The van der Waals surface area contributed by atoms with Crippen molar-refractivity contribution in [2.24, 2.45) is 0 Å². The minimum Gasteiger partial charge on any atom is -0.482 e. The van der Waals surface area contributed by atoms with E-state index in [1.165, 1.54) is 0 Å². The van der Waals surface area contributed by atoms with E-state index in [9.17, 15) is 4.79 Å². The summed E-state index contributed by atoms with van der Waals surface area (Å²) in [5.74, 6) is 0.721. The van der Waals surface area contributed by atoms with Crippen LogP contribution in [-0.4, -0.2) is 43.6 Å². The van der Waals surface area contributed by atoms with Gasteiger partial charge in [-0.15, -0.1) is 0 Å². The summed E-state index contributed by atoms with van der Waals surface area (Å²) < 4.78 is 5.42. The Morgan fingerprint density at radius 3 is 2.79 bits per heavy atom. The van der Waals surface area contributed by atoms with E-state index in [1.54, 1.807) is 17.0 Å². The van der Waals surface area contributed by atoms with Gasteiger partial charge in [0.15, 0.2) is 6.61 Å². The second kappa shape index (κ2) is 5.93. The molecule has 0 saturated carbocycles. The molecule has 19 heavy (non-hydrogen) atoms. The Morgan fingerprint density at radius 2 is 2.11 bits per heavy atom. The summed E-state index contributed by atoms with van der Waals surface area (Å²) in [4.78, 5) is 16.1. The number of benzene rings is 1. The zero-order chi connectivity index (χ0) is 13.8. The Balaban J connectivity index is 2.16. The van der Waals surface area contributed by atoms with E-state index >= 15 is 0 Å². The van der Waals surface area contributed by atoms with Crippen molar-refractivity contribution >= 4 is 17.3 Å². The van der Waals surface area contributed by atoms with Crippen molar-refractivity contribution in [2.75, 3.05) is 43.4 Å². The third-order valence-corrected chi connectivity index (χ3v) is 3.46. The van der Waals surface area contributed by atoms with Gasteiger partial charge in [0.25, 0.3) is 5.91 Å². The molecule has 5 heteroatoms. The molecule has 0 radical (unpaired) electrons. The number of amides is 1. The molecule has 2 N–H and O–H groups in total. The van der Waals surface area contributed by atoms with Gasteiger partial charge in [0, 0.05) is 18.8 Å². The molecule has 0 spiro atoms. The third kappa shape index (κ3) is 2.98. The SMILES string of the molecule is CCN(CC)CCN1C(=O)COc2ccc(N)cc21. The minimum atomic E-state index is -0.00902. The molecular formula is C14H21N3O2. The summed E-state index contributed by atoms with van der Waals surface area (Å²) in [6.45, 7) is 7.84. The molecule has 0 saturated heterocycles. The number of fused-ring (bicyclic) bond motifs is 1. The van der Waals surface area contributed by atoms with Crippen molar-refractivity contribution in [3.05, 3.63) is 18.2 Å². The topological polar surface area (TPSA) is 58.8 Å². The maximum absolute atomic E-state index is 12.0. The van der Waals surface area contributed by atoms with Gasteiger partial charge in [0.1, 0.15) is 5.75 Å². The summed E-state index contributed by atoms with van der Waals surface area (Å²) in [7, 11) is 0. The number of likely N-dealkylation sites (N-methyl/N-ethyl adjacent to an activating group) is 1. The molecular weight excluding hydrogens is 242 g/mol. The zero-order valence-corrected chi connectivity index (χ0v) is 11.6. The molecule has 1 heterocycles. The van der Waals surface area contributed by atoms with Crippen molar-refractivity contribution < 1.29 is 9.53 Å². The first kappa shape index (κ1) is 13.7. The lowest BCUT2D eigenvalue weighted by Gasteiger charge is -2.31. The number of ether oxygens (including phenoxy) is 1. The van der Waals surface area contributed by atoms with Crippen LogP contribution in [0.25, 0.3) is 0 Å². The molecule has 1 amide bonds. The van der Waals surface area contributed by atoms with Gasteiger partial charge in [-0.2, -0.15) is 0 Å². The predicted octanol–water partition coefficient (Wildman–Crippen LogP) is 1.34. The Kier molecular flexibility index (Phi) is 4.27. The van der Waals surface area contributed by atoms with Crippen LogP contribution < -0.4 is 15.4 Å². The summed E-state index contributed by atoms with van der Waals surface area (Å²) in [6.07, 6.45) is 0. The van der Waals surface area contributed by atoms with Crippen molar-refractivity contribution in [3.8, 4) is 5.75 Å². The summed E-state index contributed by atoms with van der Waals surface area (Å²) in [5, 5.41) is 0. The minimum absolute atomic E-state index is 0.00902. The van der Waals surface area contributed by atoms with Crippen LogP contribution >= 0.6 is 0 Å². The highest BCUT2D eigenvalue weighted by molar-refractivity contribution is 5.98. The highest BCUT2D eigenvalue weighted by Gasteiger charge is 2.25. The Morgan fingerprint density at radius 1 is 1.37 bits per heavy atom. The average molecular weight is 263 g/mol. The third-order valence-electron chi connectivity index (χ3n) is 3.46. The lowest BCUT2D eigenvalue weighted by Crippen LogP contribution is -2.43. The first-order valence-corrected chi connectivity index (χ1v) is 6.70. The van der Waals surface area contributed by atoms with Crippen molar-refractivity contribution in [2.45, 2.75) is 13.8 Å². The van der Waals surface area contributed by atoms with Crippen LogP contribution in [0.1, 0.15) is 13.8 Å². The van der Waals surface area contributed by atoms with Crippen molar-refractivity contribution in [1.82, 2.24) is 4.90 Å².